The summed E-state index contributed by atoms with van der Waals surface area (Å²) in [5, 5.41) is 3.28. The zero-order chi connectivity index (χ0) is 14.7. The number of halogens is 1. The van der Waals surface area contributed by atoms with Crippen molar-refractivity contribution in [1.82, 2.24) is 9.97 Å². The number of methoxy groups -OCH3 is 1. The highest BCUT2D eigenvalue weighted by atomic mass is 19.1. The first-order chi connectivity index (χ1) is 10.2. The third-order valence-corrected chi connectivity index (χ3v) is 3.50. The molecule has 21 heavy (non-hydrogen) atoms. The van der Waals surface area contributed by atoms with Crippen molar-refractivity contribution in [1.29, 1.82) is 0 Å². The lowest BCUT2D eigenvalue weighted by Gasteiger charge is -2.09. The number of hydrogen-bond donors (Lipinski definition) is 1. The number of anilines is 1. The van der Waals surface area contributed by atoms with E-state index in [0.717, 1.165) is 43.0 Å². The zero-order valence-electron chi connectivity index (χ0n) is 12.0. The Labute approximate surface area is 123 Å². The number of nitrogens with one attached hydrogen (secondary N) is 1. The minimum atomic E-state index is -0.207. The largest absolute Gasteiger partial charge is 0.481 e. The van der Waals surface area contributed by atoms with Crippen LogP contribution >= 0.6 is 0 Å². The number of hydrogen-bond acceptors (Lipinski definition) is 4. The molecule has 110 valence electrons. The van der Waals surface area contributed by atoms with Gasteiger partial charge in [-0.25, -0.2) is 9.37 Å². The lowest BCUT2D eigenvalue weighted by molar-refractivity contribution is 0.395. The van der Waals surface area contributed by atoms with Crippen molar-refractivity contribution in [2.24, 2.45) is 0 Å². The van der Waals surface area contributed by atoms with Gasteiger partial charge in [0.05, 0.1) is 7.11 Å². The Hall–Kier alpha value is -2.17. The summed E-state index contributed by atoms with van der Waals surface area (Å²) in [6.45, 7) is 0.732. The molecule has 0 radical (unpaired) electrons. The molecule has 0 unspecified atom stereocenters. The van der Waals surface area contributed by atoms with Gasteiger partial charge in [-0.05, 0) is 37.0 Å². The molecule has 5 heteroatoms. The second-order valence-electron chi connectivity index (χ2n) is 5.23. The summed E-state index contributed by atoms with van der Waals surface area (Å²) in [6.07, 6.45) is 3.12. The van der Waals surface area contributed by atoms with E-state index in [1.54, 1.807) is 25.3 Å². The second kappa shape index (κ2) is 6.08. The van der Waals surface area contributed by atoms with Gasteiger partial charge in [0.2, 0.25) is 5.88 Å². The van der Waals surface area contributed by atoms with Crippen LogP contribution in [0.4, 0.5) is 10.2 Å². The van der Waals surface area contributed by atoms with E-state index in [9.17, 15) is 4.39 Å². The van der Waals surface area contributed by atoms with Gasteiger partial charge in [0.25, 0.3) is 0 Å². The molecule has 1 aliphatic carbocycles. The van der Waals surface area contributed by atoms with E-state index in [1.807, 2.05) is 0 Å². The lowest BCUT2D eigenvalue weighted by atomic mass is 10.1. The summed E-state index contributed by atoms with van der Waals surface area (Å²) in [7, 11) is 1.61. The van der Waals surface area contributed by atoms with E-state index in [-0.39, 0.29) is 5.82 Å². The van der Waals surface area contributed by atoms with Crippen molar-refractivity contribution in [2.75, 3.05) is 19.0 Å². The fourth-order valence-electron chi connectivity index (χ4n) is 2.15. The lowest BCUT2D eigenvalue weighted by Crippen LogP contribution is -2.08. The van der Waals surface area contributed by atoms with Crippen LogP contribution in [0.3, 0.4) is 0 Å². The van der Waals surface area contributed by atoms with Crippen LogP contribution in [-0.4, -0.2) is 23.6 Å². The normalized spacial score (nSPS) is 14.0. The summed E-state index contributed by atoms with van der Waals surface area (Å²) in [4.78, 5) is 8.90. The van der Waals surface area contributed by atoms with Crippen molar-refractivity contribution in [3.63, 3.8) is 0 Å². The molecule has 1 aliphatic rings. The molecule has 0 amide bonds. The van der Waals surface area contributed by atoms with Crippen molar-refractivity contribution in [3.05, 3.63) is 47.5 Å². The van der Waals surface area contributed by atoms with Crippen LogP contribution in [0, 0.1) is 5.82 Å². The fourth-order valence-corrected chi connectivity index (χ4v) is 2.15. The highest BCUT2D eigenvalue weighted by Gasteiger charge is 2.27. The van der Waals surface area contributed by atoms with Crippen LogP contribution in [0.2, 0.25) is 0 Å². The Bertz CT molecular complexity index is 611. The van der Waals surface area contributed by atoms with Gasteiger partial charge in [0.15, 0.2) is 0 Å². The molecule has 1 heterocycles. The van der Waals surface area contributed by atoms with E-state index in [4.69, 9.17) is 4.74 Å². The zero-order valence-corrected chi connectivity index (χ0v) is 12.0. The topological polar surface area (TPSA) is 47.0 Å². The maximum Gasteiger partial charge on any atom is 0.218 e. The molecule has 1 saturated carbocycles. The Morgan fingerprint density at radius 1 is 1.24 bits per heavy atom. The maximum absolute atomic E-state index is 12.8. The highest BCUT2D eigenvalue weighted by molar-refractivity contribution is 5.39. The van der Waals surface area contributed by atoms with Gasteiger partial charge in [0.1, 0.15) is 17.5 Å². The van der Waals surface area contributed by atoms with Crippen LogP contribution in [-0.2, 0) is 6.42 Å². The van der Waals surface area contributed by atoms with Gasteiger partial charge in [0, 0.05) is 18.5 Å². The SMILES string of the molecule is COc1cc(NCCc2ccc(F)cc2)nc(C2CC2)n1. The standard InChI is InChI=1S/C16H18FN3O/c1-21-15-10-14(19-16(20-15)12-4-5-12)18-9-8-11-2-6-13(17)7-3-11/h2-3,6-7,10,12H,4-5,8-9H2,1H3,(H,18,19,20). The van der Waals surface area contributed by atoms with Crippen molar-refractivity contribution in [3.8, 4) is 5.88 Å². The quantitative estimate of drug-likeness (QED) is 0.886. The van der Waals surface area contributed by atoms with Gasteiger partial charge < -0.3 is 10.1 Å². The van der Waals surface area contributed by atoms with Gasteiger partial charge in [-0.3, -0.25) is 0 Å². The minimum Gasteiger partial charge on any atom is -0.481 e. The fraction of sp³-hybridized carbons (Fsp3) is 0.375. The van der Waals surface area contributed by atoms with E-state index < -0.39 is 0 Å². The molecule has 0 spiro atoms. The Morgan fingerprint density at radius 3 is 2.67 bits per heavy atom. The number of aromatic nitrogens is 2. The monoisotopic (exact) mass is 287 g/mol. The molecular formula is C16H18FN3O. The predicted octanol–water partition coefficient (Wildman–Crippen LogP) is 3.16. The highest BCUT2D eigenvalue weighted by Crippen LogP contribution is 2.39. The second-order valence-corrected chi connectivity index (χ2v) is 5.23. The Balaban J connectivity index is 1.61. The van der Waals surface area contributed by atoms with Crippen LogP contribution < -0.4 is 10.1 Å². The Morgan fingerprint density at radius 2 is 2.00 bits per heavy atom. The average molecular weight is 287 g/mol. The van der Waals surface area contributed by atoms with Crippen molar-refractivity contribution < 1.29 is 9.13 Å². The van der Waals surface area contributed by atoms with E-state index in [1.165, 1.54) is 12.1 Å². The summed E-state index contributed by atoms with van der Waals surface area (Å²) in [5.74, 6) is 2.51. The first-order valence-corrected chi connectivity index (χ1v) is 7.16. The third kappa shape index (κ3) is 3.68. The van der Waals surface area contributed by atoms with Crippen LogP contribution in [0.1, 0.15) is 30.1 Å². The van der Waals surface area contributed by atoms with Crippen molar-refractivity contribution >= 4 is 5.82 Å². The summed E-state index contributed by atoms with van der Waals surface area (Å²) in [6, 6.07) is 8.36. The molecular weight excluding hydrogens is 269 g/mol. The smallest absolute Gasteiger partial charge is 0.218 e. The number of rotatable bonds is 6. The number of benzene rings is 1. The molecule has 1 fully saturated rings. The average Bonchev–Trinajstić information content (AvgIpc) is 3.34. The minimum absolute atomic E-state index is 0.207. The molecule has 2 aromatic rings. The predicted molar refractivity (Wildman–Crippen MR) is 79.2 cm³/mol. The first-order valence-electron chi connectivity index (χ1n) is 7.16. The molecule has 0 atom stereocenters. The summed E-state index contributed by atoms with van der Waals surface area (Å²) < 4.78 is 18.1. The molecule has 1 N–H and O–H groups in total. The van der Waals surface area contributed by atoms with Gasteiger partial charge in [-0.2, -0.15) is 4.98 Å². The van der Waals surface area contributed by atoms with Crippen molar-refractivity contribution in [2.45, 2.75) is 25.2 Å². The maximum atomic E-state index is 12.8. The number of ether oxygens (including phenoxy) is 1. The molecule has 1 aromatic heterocycles. The number of nitrogens with zero attached hydrogens (tertiary/aromatic N) is 2. The molecule has 0 aliphatic heterocycles. The Kier molecular flexibility index (Phi) is 3.99. The molecule has 4 nitrogen and oxygen atoms in total. The van der Waals surface area contributed by atoms with E-state index in [2.05, 4.69) is 15.3 Å². The first kappa shape index (κ1) is 13.8. The molecule has 3 rings (SSSR count). The third-order valence-electron chi connectivity index (χ3n) is 3.50. The van der Waals surface area contributed by atoms with Crippen LogP contribution in [0.25, 0.3) is 0 Å². The molecule has 1 aromatic carbocycles. The summed E-state index contributed by atoms with van der Waals surface area (Å²) >= 11 is 0. The van der Waals surface area contributed by atoms with Gasteiger partial charge >= 0.3 is 0 Å². The summed E-state index contributed by atoms with van der Waals surface area (Å²) in [5.41, 5.74) is 1.09. The van der Waals surface area contributed by atoms with E-state index >= 15 is 0 Å². The van der Waals surface area contributed by atoms with Gasteiger partial charge in [-0.15, -0.1) is 0 Å². The molecule has 0 saturated heterocycles. The van der Waals surface area contributed by atoms with Crippen LogP contribution in [0.5, 0.6) is 5.88 Å². The molecule has 0 bridgehead atoms. The van der Waals surface area contributed by atoms with Crippen LogP contribution in [0.15, 0.2) is 30.3 Å². The van der Waals surface area contributed by atoms with E-state index in [0.29, 0.717) is 11.8 Å². The van der Waals surface area contributed by atoms with Gasteiger partial charge in [-0.1, -0.05) is 12.1 Å².